The molecule has 0 bridgehead atoms. The van der Waals surface area contributed by atoms with E-state index in [1.165, 1.54) is 25.1 Å². The Hall–Kier alpha value is -3.01. The molecule has 0 heterocycles. The number of rotatable bonds is 5. The van der Waals surface area contributed by atoms with Gasteiger partial charge >= 0.3 is 15.8 Å². The number of nitro benzene ring substituents is 2. The van der Waals surface area contributed by atoms with Gasteiger partial charge in [0.2, 0.25) is 5.75 Å². The minimum absolute atomic E-state index is 0.128. The maximum atomic E-state index is 12.3. The molecule has 0 saturated carbocycles. The van der Waals surface area contributed by atoms with Crippen molar-refractivity contribution in [3.05, 3.63) is 67.8 Å². The predicted molar refractivity (Wildman–Crippen MR) is 83.5 cm³/mol. The highest BCUT2D eigenvalue weighted by molar-refractivity contribution is 7.87. The second-order valence-corrected chi connectivity index (χ2v) is 6.52. The zero-order chi connectivity index (χ0) is 18.1. The molecular weight excluding hydrogens is 340 g/mol. The third-order valence-corrected chi connectivity index (χ3v) is 4.39. The number of hydrogen-bond donors (Lipinski definition) is 0. The predicted octanol–water partition coefficient (Wildman–Crippen LogP) is 2.89. The third kappa shape index (κ3) is 3.49. The summed E-state index contributed by atoms with van der Waals surface area (Å²) >= 11 is 0. The monoisotopic (exact) mass is 352 g/mol. The van der Waals surface area contributed by atoms with Crippen LogP contribution in [0.3, 0.4) is 0 Å². The molecule has 126 valence electrons. The van der Waals surface area contributed by atoms with E-state index in [-0.39, 0.29) is 16.1 Å². The first-order valence-electron chi connectivity index (χ1n) is 6.56. The minimum Gasteiger partial charge on any atom is -0.372 e. The second kappa shape index (κ2) is 6.24. The van der Waals surface area contributed by atoms with E-state index >= 15 is 0 Å². The van der Waals surface area contributed by atoms with Gasteiger partial charge in [0.15, 0.2) is 0 Å². The van der Waals surface area contributed by atoms with Gasteiger partial charge in [-0.25, -0.2) is 0 Å². The molecule has 24 heavy (non-hydrogen) atoms. The van der Waals surface area contributed by atoms with Gasteiger partial charge in [0, 0.05) is 17.7 Å². The fraction of sp³-hybridized carbons (Fsp3) is 0.143. The normalized spacial score (nSPS) is 11.1. The van der Waals surface area contributed by atoms with Gasteiger partial charge in [-0.1, -0.05) is 6.07 Å². The van der Waals surface area contributed by atoms with Crippen molar-refractivity contribution in [2.75, 3.05) is 0 Å². The molecule has 0 aromatic heterocycles. The van der Waals surface area contributed by atoms with E-state index in [1.54, 1.807) is 6.92 Å². The van der Waals surface area contributed by atoms with Crippen LogP contribution in [0.15, 0.2) is 41.3 Å². The van der Waals surface area contributed by atoms with Crippen LogP contribution in [-0.4, -0.2) is 18.3 Å². The van der Waals surface area contributed by atoms with E-state index < -0.39 is 31.4 Å². The molecule has 0 spiro atoms. The summed E-state index contributed by atoms with van der Waals surface area (Å²) in [6.45, 7) is 3.00. The van der Waals surface area contributed by atoms with Crippen molar-refractivity contribution >= 4 is 21.5 Å². The van der Waals surface area contributed by atoms with Crippen molar-refractivity contribution in [3.63, 3.8) is 0 Å². The standard InChI is InChI=1S/C14H12N2O7S/c1-9-3-6-14(13(7-9)16(19)20)23-24(21,22)11-4-5-12(15(17)18)10(2)8-11/h3-8H,1-2H3. The van der Waals surface area contributed by atoms with Gasteiger partial charge in [0.1, 0.15) is 4.90 Å². The molecular formula is C14H12N2O7S. The third-order valence-electron chi connectivity index (χ3n) is 3.16. The molecule has 0 N–H and O–H groups in total. The van der Waals surface area contributed by atoms with Crippen molar-refractivity contribution in [1.29, 1.82) is 0 Å². The van der Waals surface area contributed by atoms with E-state index in [2.05, 4.69) is 0 Å². The van der Waals surface area contributed by atoms with E-state index in [4.69, 9.17) is 4.18 Å². The van der Waals surface area contributed by atoms with Gasteiger partial charge < -0.3 is 4.18 Å². The Labute approximate surface area is 136 Å². The van der Waals surface area contributed by atoms with Crippen molar-refractivity contribution in [2.24, 2.45) is 0 Å². The van der Waals surface area contributed by atoms with Gasteiger partial charge in [-0.2, -0.15) is 8.42 Å². The number of nitro groups is 2. The molecule has 9 nitrogen and oxygen atoms in total. The summed E-state index contributed by atoms with van der Waals surface area (Å²) in [6.07, 6.45) is 0. The van der Waals surface area contributed by atoms with E-state index in [9.17, 15) is 28.6 Å². The van der Waals surface area contributed by atoms with Crippen molar-refractivity contribution in [2.45, 2.75) is 18.7 Å². The summed E-state index contributed by atoms with van der Waals surface area (Å²) in [5.74, 6) is -0.429. The first kappa shape index (κ1) is 17.3. The minimum atomic E-state index is -4.37. The summed E-state index contributed by atoms with van der Waals surface area (Å²) in [4.78, 5) is 20.1. The number of hydrogen-bond acceptors (Lipinski definition) is 7. The molecule has 0 aliphatic carbocycles. The zero-order valence-electron chi connectivity index (χ0n) is 12.6. The number of aryl methyl sites for hydroxylation is 2. The Morgan fingerprint density at radius 3 is 2.08 bits per heavy atom. The van der Waals surface area contributed by atoms with Gasteiger partial charge in [-0.3, -0.25) is 20.2 Å². The molecule has 0 aliphatic rings. The Morgan fingerprint density at radius 1 is 0.917 bits per heavy atom. The van der Waals surface area contributed by atoms with Gasteiger partial charge in [0.25, 0.3) is 5.69 Å². The lowest BCUT2D eigenvalue weighted by atomic mass is 10.2. The summed E-state index contributed by atoms with van der Waals surface area (Å²) in [5.41, 5.74) is -0.0341. The lowest BCUT2D eigenvalue weighted by Crippen LogP contribution is -2.11. The molecule has 0 unspecified atom stereocenters. The molecule has 2 aromatic carbocycles. The molecule has 2 rings (SSSR count). The largest absolute Gasteiger partial charge is 0.372 e. The van der Waals surface area contributed by atoms with Gasteiger partial charge in [0.05, 0.1) is 9.85 Å². The highest BCUT2D eigenvalue weighted by Gasteiger charge is 2.25. The van der Waals surface area contributed by atoms with Crippen LogP contribution in [0.5, 0.6) is 5.75 Å². The molecule has 2 aromatic rings. The van der Waals surface area contributed by atoms with Crippen LogP contribution in [-0.2, 0) is 10.1 Å². The molecule has 0 aliphatic heterocycles. The zero-order valence-corrected chi connectivity index (χ0v) is 13.4. The fourth-order valence-corrected chi connectivity index (χ4v) is 3.02. The van der Waals surface area contributed by atoms with Gasteiger partial charge in [-0.15, -0.1) is 0 Å². The van der Waals surface area contributed by atoms with E-state index in [0.29, 0.717) is 5.56 Å². The first-order chi connectivity index (χ1) is 11.1. The molecule has 0 radical (unpaired) electrons. The Kier molecular flexibility index (Phi) is 4.51. The highest BCUT2D eigenvalue weighted by atomic mass is 32.2. The Balaban J connectivity index is 2.45. The highest BCUT2D eigenvalue weighted by Crippen LogP contribution is 2.31. The smallest absolute Gasteiger partial charge is 0.339 e. The fourth-order valence-electron chi connectivity index (χ4n) is 2.00. The van der Waals surface area contributed by atoms with Crippen molar-refractivity contribution in [3.8, 4) is 5.75 Å². The van der Waals surface area contributed by atoms with Crippen LogP contribution in [0.2, 0.25) is 0 Å². The SMILES string of the molecule is Cc1ccc(OS(=O)(=O)c2ccc([N+](=O)[O-])c(C)c2)c([N+](=O)[O-])c1. The van der Waals surface area contributed by atoms with Crippen molar-refractivity contribution in [1.82, 2.24) is 0 Å². The van der Waals surface area contributed by atoms with Crippen LogP contribution >= 0.6 is 0 Å². The van der Waals surface area contributed by atoms with Crippen LogP contribution in [0.4, 0.5) is 11.4 Å². The average molecular weight is 352 g/mol. The maximum absolute atomic E-state index is 12.3. The average Bonchev–Trinajstić information content (AvgIpc) is 2.48. The number of nitrogens with zero attached hydrogens (tertiary/aromatic N) is 2. The summed E-state index contributed by atoms with van der Waals surface area (Å²) in [5, 5.41) is 21.8. The lowest BCUT2D eigenvalue weighted by molar-refractivity contribution is -0.385. The van der Waals surface area contributed by atoms with E-state index in [0.717, 1.165) is 18.2 Å². The lowest BCUT2D eigenvalue weighted by Gasteiger charge is -2.08. The van der Waals surface area contributed by atoms with Gasteiger partial charge in [-0.05, 0) is 37.6 Å². The summed E-state index contributed by atoms with van der Waals surface area (Å²) < 4.78 is 29.4. The molecule has 0 atom stereocenters. The quantitative estimate of drug-likeness (QED) is 0.459. The Morgan fingerprint density at radius 2 is 1.54 bits per heavy atom. The van der Waals surface area contributed by atoms with Crippen LogP contribution in [0.25, 0.3) is 0 Å². The summed E-state index contributed by atoms with van der Waals surface area (Å²) in [6, 6.07) is 6.97. The second-order valence-electron chi connectivity index (χ2n) is 4.97. The molecule has 0 fully saturated rings. The van der Waals surface area contributed by atoms with Crippen LogP contribution in [0.1, 0.15) is 11.1 Å². The van der Waals surface area contributed by atoms with E-state index in [1.807, 2.05) is 0 Å². The van der Waals surface area contributed by atoms with Crippen LogP contribution < -0.4 is 4.18 Å². The van der Waals surface area contributed by atoms with Crippen molar-refractivity contribution < 1.29 is 22.4 Å². The first-order valence-corrected chi connectivity index (χ1v) is 7.97. The topological polar surface area (TPSA) is 130 Å². The van der Waals surface area contributed by atoms with Crippen LogP contribution in [0, 0.1) is 34.1 Å². The molecule has 10 heteroatoms. The molecule has 0 amide bonds. The summed E-state index contributed by atoms with van der Waals surface area (Å²) in [7, 11) is -4.37. The molecule has 0 saturated heterocycles. The Bertz CT molecular complexity index is 938. The maximum Gasteiger partial charge on any atom is 0.339 e. The number of benzene rings is 2.